The van der Waals surface area contributed by atoms with Gasteiger partial charge in [0.25, 0.3) is 9.84 Å². The predicted molar refractivity (Wildman–Crippen MR) is 118 cm³/mol. The molecule has 0 unspecified atom stereocenters. The number of rotatable bonds is 6. The van der Waals surface area contributed by atoms with Crippen molar-refractivity contribution in [3.05, 3.63) is 111 Å². The monoisotopic (exact) mass is 443 g/mol. The van der Waals surface area contributed by atoms with E-state index in [1.165, 1.54) is 0 Å². The molecule has 0 aliphatic carbocycles. The summed E-state index contributed by atoms with van der Waals surface area (Å²) in [6.45, 7) is 9.82. The van der Waals surface area contributed by atoms with Crippen LogP contribution in [-0.4, -0.2) is 13.3 Å². The van der Waals surface area contributed by atoms with E-state index in [2.05, 4.69) is 4.85 Å². The molecule has 6 heteroatoms. The molecule has 3 rings (SSSR count). The Morgan fingerprint density at radius 2 is 1.21 bits per heavy atom. The first-order valence-electron chi connectivity index (χ1n) is 8.95. The van der Waals surface area contributed by atoms with Gasteiger partial charge in [-0.15, -0.1) is 0 Å². The van der Waals surface area contributed by atoms with Gasteiger partial charge < -0.3 is 0 Å². The Kier molecular flexibility index (Phi) is 6.33. The molecule has 0 fully saturated rings. The summed E-state index contributed by atoms with van der Waals surface area (Å²) in [6.07, 6.45) is 0.0962. The minimum atomic E-state index is -3.97. The van der Waals surface area contributed by atoms with Crippen LogP contribution in [0.3, 0.4) is 0 Å². The minimum absolute atomic E-state index is 0.0481. The highest BCUT2D eigenvalue weighted by atomic mass is 35.5. The Balaban J connectivity index is 2.12. The van der Waals surface area contributed by atoms with Crippen molar-refractivity contribution in [1.29, 1.82) is 0 Å². The van der Waals surface area contributed by atoms with Crippen LogP contribution >= 0.6 is 23.2 Å². The van der Waals surface area contributed by atoms with Gasteiger partial charge in [0.1, 0.15) is 0 Å². The fourth-order valence-corrected chi connectivity index (χ4v) is 5.19. The van der Waals surface area contributed by atoms with Gasteiger partial charge in [0.05, 0.1) is 17.7 Å². The van der Waals surface area contributed by atoms with E-state index < -0.39 is 14.7 Å². The predicted octanol–water partition coefficient (Wildman–Crippen LogP) is 6.18. The molecule has 3 aromatic carbocycles. The molecule has 3 aromatic rings. The highest BCUT2D eigenvalue weighted by molar-refractivity contribution is 7.93. The molecule has 0 radical (unpaired) electrons. The molecular weight excluding hydrogens is 425 g/mol. The fourth-order valence-electron chi connectivity index (χ4n) is 3.17. The third kappa shape index (κ3) is 4.64. The maximum absolute atomic E-state index is 13.7. The van der Waals surface area contributed by atoms with E-state index in [1.54, 1.807) is 72.8 Å². The first kappa shape index (κ1) is 21.4. The van der Waals surface area contributed by atoms with Gasteiger partial charge in [0.2, 0.25) is 0 Å². The van der Waals surface area contributed by atoms with Crippen LogP contribution in [0, 0.1) is 13.5 Å². The van der Waals surface area contributed by atoms with E-state index >= 15 is 0 Å². The van der Waals surface area contributed by atoms with E-state index in [0.717, 1.165) is 16.7 Å². The summed E-state index contributed by atoms with van der Waals surface area (Å²) in [5.41, 5.74) is 2.41. The molecule has 0 spiro atoms. The van der Waals surface area contributed by atoms with Crippen molar-refractivity contribution >= 4 is 33.0 Å². The van der Waals surface area contributed by atoms with Crippen molar-refractivity contribution in [2.24, 2.45) is 0 Å². The van der Waals surface area contributed by atoms with Crippen molar-refractivity contribution in [2.75, 3.05) is 0 Å². The lowest BCUT2D eigenvalue weighted by molar-refractivity contribution is 0.543. The molecule has 0 amide bonds. The highest BCUT2D eigenvalue weighted by Crippen LogP contribution is 2.35. The lowest BCUT2D eigenvalue weighted by Crippen LogP contribution is -2.40. The van der Waals surface area contributed by atoms with Gasteiger partial charge in [-0.3, -0.25) is 4.85 Å². The van der Waals surface area contributed by atoms with Crippen molar-refractivity contribution in [2.45, 2.75) is 29.5 Å². The minimum Gasteiger partial charge on any atom is -0.292 e. The number of halogens is 2. The molecule has 0 saturated heterocycles. The molecule has 0 heterocycles. The van der Waals surface area contributed by atoms with Gasteiger partial charge in [-0.25, -0.2) is 15.0 Å². The average Bonchev–Trinajstić information content (AvgIpc) is 2.71. The number of aryl methyl sites for hydroxylation is 1. The molecular formula is C23H19Cl2NO2S. The lowest BCUT2D eigenvalue weighted by Gasteiger charge is -2.23. The zero-order valence-electron chi connectivity index (χ0n) is 15.8. The van der Waals surface area contributed by atoms with Crippen LogP contribution in [-0.2, 0) is 22.7 Å². The number of hydrogen-bond acceptors (Lipinski definition) is 2. The lowest BCUT2D eigenvalue weighted by atomic mass is 9.99. The molecule has 0 atom stereocenters. The van der Waals surface area contributed by atoms with Crippen LogP contribution in [0.4, 0.5) is 0 Å². The first-order valence-corrected chi connectivity index (χ1v) is 11.2. The Labute approximate surface area is 181 Å². The van der Waals surface area contributed by atoms with Crippen molar-refractivity contribution < 1.29 is 8.42 Å². The van der Waals surface area contributed by atoms with Crippen LogP contribution in [0.5, 0.6) is 0 Å². The van der Waals surface area contributed by atoms with E-state index in [4.69, 9.17) is 29.8 Å². The van der Waals surface area contributed by atoms with E-state index in [-0.39, 0.29) is 17.7 Å². The zero-order valence-corrected chi connectivity index (χ0v) is 18.1. The van der Waals surface area contributed by atoms with Crippen LogP contribution < -0.4 is 0 Å². The smallest absolute Gasteiger partial charge is 0.292 e. The molecule has 29 heavy (non-hydrogen) atoms. The number of hydrogen-bond donors (Lipinski definition) is 0. The van der Waals surface area contributed by atoms with Gasteiger partial charge >= 0.3 is 4.87 Å². The third-order valence-corrected chi connectivity index (χ3v) is 7.60. The second-order valence-corrected chi connectivity index (χ2v) is 10.1. The molecule has 3 nitrogen and oxygen atoms in total. The maximum atomic E-state index is 13.7. The second kappa shape index (κ2) is 8.59. The first-order chi connectivity index (χ1) is 13.8. The Morgan fingerprint density at radius 1 is 0.793 bits per heavy atom. The van der Waals surface area contributed by atoms with Gasteiger partial charge in [-0.2, -0.15) is 0 Å². The molecule has 0 aromatic heterocycles. The average molecular weight is 444 g/mol. The Morgan fingerprint density at radius 3 is 1.59 bits per heavy atom. The van der Waals surface area contributed by atoms with Gasteiger partial charge in [-0.1, -0.05) is 65.2 Å². The number of benzene rings is 3. The highest BCUT2D eigenvalue weighted by Gasteiger charge is 2.51. The standard InChI is InChI=1S/C23H19Cl2NO2S/c1-17-3-13-22(14-4-17)29(27,28)23(26-2,15-18-5-9-20(24)10-6-18)16-19-7-11-21(25)12-8-19/h3-14H,15-16H2,1H3. The normalized spacial score (nSPS) is 11.8. The summed E-state index contributed by atoms with van der Waals surface area (Å²) >= 11 is 11.9. The molecule has 0 saturated carbocycles. The topological polar surface area (TPSA) is 38.5 Å². The largest absolute Gasteiger partial charge is 0.341 e. The van der Waals surface area contributed by atoms with E-state index in [9.17, 15) is 8.42 Å². The van der Waals surface area contributed by atoms with E-state index in [0.29, 0.717) is 10.0 Å². The summed E-state index contributed by atoms with van der Waals surface area (Å²) in [6, 6.07) is 20.5. The summed E-state index contributed by atoms with van der Waals surface area (Å²) in [5.74, 6) is 0. The van der Waals surface area contributed by atoms with Crippen molar-refractivity contribution in [1.82, 2.24) is 0 Å². The van der Waals surface area contributed by atoms with Crippen LogP contribution in [0.15, 0.2) is 77.7 Å². The molecule has 0 aliphatic heterocycles. The SMILES string of the molecule is [C-]#[N+]C(Cc1ccc(Cl)cc1)(Cc1ccc(Cl)cc1)S(=O)(=O)c1ccc(C)cc1. The van der Waals surface area contributed by atoms with Gasteiger partial charge in [-0.05, 0) is 54.4 Å². The van der Waals surface area contributed by atoms with Crippen molar-refractivity contribution in [3.63, 3.8) is 0 Å². The van der Waals surface area contributed by atoms with Crippen LogP contribution in [0.1, 0.15) is 16.7 Å². The van der Waals surface area contributed by atoms with E-state index in [1.807, 2.05) is 6.92 Å². The summed E-state index contributed by atoms with van der Waals surface area (Å²) in [5, 5.41) is 1.11. The Bertz CT molecular complexity index is 1080. The third-order valence-electron chi connectivity index (χ3n) is 4.82. The van der Waals surface area contributed by atoms with Crippen molar-refractivity contribution in [3.8, 4) is 0 Å². The second-order valence-electron chi connectivity index (χ2n) is 6.98. The maximum Gasteiger partial charge on any atom is 0.341 e. The molecule has 0 N–H and O–H groups in total. The molecule has 0 bridgehead atoms. The quantitative estimate of drug-likeness (QED) is 0.426. The molecule has 148 valence electrons. The van der Waals surface area contributed by atoms with Gasteiger partial charge in [0, 0.05) is 10.0 Å². The summed E-state index contributed by atoms with van der Waals surface area (Å²) in [7, 11) is -3.97. The summed E-state index contributed by atoms with van der Waals surface area (Å²) < 4.78 is 27.3. The Hall–Kier alpha value is -2.32. The molecule has 0 aliphatic rings. The van der Waals surface area contributed by atoms with Gasteiger partial charge in [0.15, 0.2) is 0 Å². The van der Waals surface area contributed by atoms with Crippen LogP contribution in [0.25, 0.3) is 4.85 Å². The summed E-state index contributed by atoms with van der Waals surface area (Å²) in [4.78, 5) is 2.17. The zero-order chi connectivity index (χ0) is 21.1. The number of nitrogens with zero attached hydrogens (tertiary/aromatic N) is 1. The van der Waals surface area contributed by atoms with Crippen LogP contribution in [0.2, 0.25) is 10.0 Å². The fraction of sp³-hybridized carbons (Fsp3) is 0.174. The number of sulfone groups is 1.